The molecule has 0 bridgehead atoms. The van der Waals surface area contributed by atoms with Gasteiger partial charge in [-0.05, 0) is 12.6 Å². The quantitative estimate of drug-likeness (QED) is 0.522. The third-order valence-electron chi connectivity index (χ3n) is 1.38. The van der Waals surface area contributed by atoms with Crippen LogP contribution in [0.5, 0.6) is 0 Å². The topological polar surface area (TPSA) is 55.1 Å². The molecule has 0 aromatic rings. The van der Waals surface area contributed by atoms with Gasteiger partial charge in [-0.15, -0.1) is 0 Å². The van der Waals surface area contributed by atoms with Gasteiger partial charge in [-0.3, -0.25) is 4.79 Å². The number of nitrogens with two attached hydrogens (primary N) is 1. The second-order valence-electron chi connectivity index (χ2n) is 2.10. The fourth-order valence-corrected chi connectivity index (χ4v) is 1.00. The fourth-order valence-electron chi connectivity index (χ4n) is 0.798. The number of hydrogen-bond acceptors (Lipinski definition) is 2. The molecule has 0 saturated carbocycles. The molecule has 0 aromatic heterocycles. The lowest BCUT2D eigenvalue weighted by Crippen LogP contribution is -2.37. The van der Waals surface area contributed by atoms with Crippen LogP contribution in [0.4, 0.5) is 0 Å². The van der Waals surface area contributed by atoms with Crippen molar-refractivity contribution in [1.29, 1.82) is 0 Å². The summed E-state index contributed by atoms with van der Waals surface area (Å²) in [6, 6.07) is 0. The van der Waals surface area contributed by atoms with Gasteiger partial charge in [-0.1, -0.05) is 18.3 Å². The monoisotopic (exact) mass is 156 g/mol. The minimum Gasteiger partial charge on any atom is -0.393 e. The lowest BCUT2D eigenvalue weighted by molar-refractivity contribution is -0.122. The summed E-state index contributed by atoms with van der Waals surface area (Å²) in [7, 11) is 0. The van der Waals surface area contributed by atoms with Crippen LogP contribution in [0.15, 0.2) is 12.3 Å². The van der Waals surface area contributed by atoms with Crippen LogP contribution in [0.25, 0.3) is 0 Å². The predicted molar refractivity (Wildman–Crippen MR) is 42.2 cm³/mol. The number of hydrogen-bond donors (Lipinski definition) is 2. The predicted octanol–water partition coefficient (Wildman–Crippen LogP) is -0.0777. The smallest absolute Gasteiger partial charge is 0.234 e. The molecule has 0 spiro atoms. The molecule has 54 valence electrons. The number of carbonyl (C=O) groups excluding carboxylic acids is 1. The van der Waals surface area contributed by atoms with Gasteiger partial charge in [0, 0.05) is 0 Å². The first kappa shape index (κ1) is 7.21. The van der Waals surface area contributed by atoms with Crippen molar-refractivity contribution in [2.24, 2.45) is 11.7 Å². The molecule has 1 atom stereocenters. The van der Waals surface area contributed by atoms with Crippen molar-refractivity contribution in [3.8, 4) is 0 Å². The van der Waals surface area contributed by atoms with Crippen LogP contribution in [0.3, 0.4) is 0 Å². The van der Waals surface area contributed by atoms with Crippen molar-refractivity contribution in [3.63, 3.8) is 0 Å². The fraction of sp³-hybridized carbons (Fsp3) is 0.333. The highest BCUT2D eigenvalue weighted by Crippen LogP contribution is 2.08. The van der Waals surface area contributed by atoms with Crippen LogP contribution in [-0.2, 0) is 4.79 Å². The van der Waals surface area contributed by atoms with E-state index in [1.54, 1.807) is 6.20 Å². The summed E-state index contributed by atoms with van der Waals surface area (Å²) in [5, 5.41) is 2.53. The maximum absolute atomic E-state index is 10.9. The average molecular weight is 156 g/mol. The summed E-state index contributed by atoms with van der Waals surface area (Å²) < 4.78 is 0. The zero-order valence-corrected chi connectivity index (χ0v) is 6.15. The first-order valence-electron chi connectivity index (χ1n) is 2.96. The van der Waals surface area contributed by atoms with Gasteiger partial charge in [-0.25, -0.2) is 0 Å². The summed E-state index contributed by atoms with van der Waals surface area (Å²) >= 11 is 4.68. The number of thiocarbonyl (C=S) groups is 1. The average Bonchev–Trinajstić information content (AvgIpc) is 1.88. The summed E-state index contributed by atoms with van der Waals surface area (Å²) in [5.41, 5.74) is 5.29. The molecule has 0 aliphatic carbocycles. The second-order valence-corrected chi connectivity index (χ2v) is 2.57. The molecule has 1 unspecified atom stereocenters. The van der Waals surface area contributed by atoms with Gasteiger partial charge in [0.1, 0.15) is 0 Å². The minimum atomic E-state index is -0.306. The van der Waals surface area contributed by atoms with Crippen molar-refractivity contribution in [3.05, 3.63) is 12.3 Å². The molecule has 3 N–H and O–H groups in total. The first-order valence-corrected chi connectivity index (χ1v) is 3.37. The van der Waals surface area contributed by atoms with Crippen molar-refractivity contribution >= 4 is 23.1 Å². The van der Waals surface area contributed by atoms with E-state index in [9.17, 15) is 4.79 Å². The normalized spacial score (nSPS) is 24.0. The van der Waals surface area contributed by atoms with Crippen LogP contribution in [0.1, 0.15) is 6.42 Å². The largest absolute Gasteiger partial charge is 0.393 e. The molecule has 1 aliphatic rings. The second kappa shape index (κ2) is 2.79. The molecule has 1 heterocycles. The standard InChI is InChI=1S/C6H8N2OS/c7-5(10)4-2-1-3-8-6(4)9/h1,3-4H,2H2,(H2,7,10)(H,8,9). The molecule has 3 nitrogen and oxygen atoms in total. The molecule has 0 saturated heterocycles. The highest BCUT2D eigenvalue weighted by atomic mass is 32.1. The van der Waals surface area contributed by atoms with Crippen LogP contribution >= 0.6 is 12.2 Å². The van der Waals surface area contributed by atoms with E-state index in [1.807, 2.05) is 6.08 Å². The number of rotatable bonds is 1. The maximum atomic E-state index is 10.9. The van der Waals surface area contributed by atoms with Crippen LogP contribution in [0.2, 0.25) is 0 Å². The van der Waals surface area contributed by atoms with Gasteiger partial charge < -0.3 is 11.1 Å². The molecule has 0 fully saturated rings. The van der Waals surface area contributed by atoms with Crippen LogP contribution in [-0.4, -0.2) is 10.9 Å². The van der Waals surface area contributed by atoms with Gasteiger partial charge in [-0.2, -0.15) is 0 Å². The summed E-state index contributed by atoms with van der Waals surface area (Å²) in [6.07, 6.45) is 4.07. The molecule has 10 heavy (non-hydrogen) atoms. The van der Waals surface area contributed by atoms with E-state index in [2.05, 4.69) is 17.5 Å². The van der Waals surface area contributed by atoms with E-state index in [1.165, 1.54) is 0 Å². The zero-order chi connectivity index (χ0) is 7.56. The lowest BCUT2D eigenvalue weighted by atomic mass is 10.0. The van der Waals surface area contributed by atoms with Crippen molar-refractivity contribution < 1.29 is 4.79 Å². The molecular formula is C6H8N2OS. The van der Waals surface area contributed by atoms with Crippen LogP contribution < -0.4 is 11.1 Å². The zero-order valence-electron chi connectivity index (χ0n) is 5.33. The van der Waals surface area contributed by atoms with Crippen LogP contribution in [0, 0.1) is 5.92 Å². The summed E-state index contributed by atoms with van der Waals surface area (Å²) in [5.74, 6) is -0.407. The molecule has 1 aliphatic heterocycles. The van der Waals surface area contributed by atoms with Gasteiger partial charge in [0.05, 0.1) is 10.9 Å². The van der Waals surface area contributed by atoms with Gasteiger partial charge in [0.15, 0.2) is 0 Å². The van der Waals surface area contributed by atoms with E-state index >= 15 is 0 Å². The number of allylic oxidation sites excluding steroid dienone is 1. The molecule has 1 rings (SSSR count). The maximum Gasteiger partial charge on any atom is 0.234 e. The minimum absolute atomic E-state index is 0.102. The van der Waals surface area contributed by atoms with E-state index in [0.717, 1.165) is 0 Å². The molecular weight excluding hydrogens is 148 g/mol. The Morgan fingerprint density at radius 3 is 3.00 bits per heavy atom. The Bertz CT molecular complexity index is 200. The van der Waals surface area contributed by atoms with E-state index < -0.39 is 0 Å². The Balaban J connectivity index is 2.68. The molecule has 0 radical (unpaired) electrons. The highest BCUT2D eigenvalue weighted by molar-refractivity contribution is 7.80. The Morgan fingerprint density at radius 2 is 2.60 bits per heavy atom. The Labute approximate surface area is 64.3 Å². The SMILES string of the molecule is NC(=S)C1CC=CNC1=O. The molecule has 0 aromatic carbocycles. The highest BCUT2D eigenvalue weighted by Gasteiger charge is 2.20. The van der Waals surface area contributed by atoms with Gasteiger partial charge in [0.25, 0.3) is 0 Å². The number of amides is 1. The van der Waals surface area contributed by atoms with Gasteiger partial charge in [0.2, 0.25) is 5.91 Å². The van der Waals surface area contributed by atoms with Crippen molar-refractivity contribution in [1.82, 2.24) is 5.32 Å². The van der Waals surface area contributed by atoms with E-state index in [4.69, 9.17) is 5.73 Å². The molecule has 4 heteroatoms. The Hall–Kier alpha value is -0.900. The third kappa shape index (κ3) is 1.33. The number of nitrogens with one attached hydrogen (secondary N) is 1. The van der Waals surface area contributed by atoms with Crippen molar-refractivity contribution in [2.75, 3.05) is 0 Å². The third-order valence-corrected chi connectivity index (χ3v) is 1.66. The summed E-state index contributed by atoms with van der Waals surface area (Å²) in [4.78, 5) is 11.2. The lowest BCUT2D eigenvalue weighted by Gasteiger charge is -2.14. The molecule has 1 amide bonds. The van der Waals surface area contributed by atoms with Gasteiger partial charge >= 0.3 is 0 Å². The van der Waals surface area contributed by atoms with Crippen molar-refractivity contribution in [2.45, 2.75) is 6.42 Å². The Kier molecular flexibility index (Phi) is 2.01. The Morgan fingerprint density at radius 1 is 1.90 bits per heavy atom. The number of carbonyl (C=O) groups is 1. The summed E-state index contributed by atoms with van der Waals surface area (Å²) in [6.45, 7) is 0. The first-order chi connectivity index (χ1) is 4.72. The van der Waals surface area contributed by atoms with E-state index in [0.29, 0.717) is 6.42 Å². The van der Waals surface area contributed by atoms with E-state index in [-0.39, 0.29) is 16.8 Å².